The fraction of sp³-hybridized carbons (Fsp3) is 0.281. The minimum Gasteiger partial charge on any atom is -0.508 e. The highest BCUT2D eigenvalue weighted by Crippen LogP contribution is 2.14. The number of carboxylic acids is 1. The molecule has 3 aromatic rings. The molecule has 238 valence electrons. The summed E-state index contributed by atoms with van der Waals surface area (Å²) in [5.74, 6) is -4.19. The number of carbonyl (C=O) groups is 5. The van der Waals surface area contributed by atoms with E-state index in [1.165, 1.54) is 36.4 Å². The van der Waals surface area contributed by atoms with Crippen LogP contribution in [0.15, 0.2) is 78.9 Å². The van der Waals surface area contributed by atoms with Crippen molar-refractivity contribution in [1.29, 1.82) is 0 Å². The van der Waals surface area contributed by atoms with Gasteiger partial charge in [-0.05, 0) is 47.4 Å². The maximum atomic E-state index is 13.7. The molecule has 0 radical (unpaired) electrons. The molecule has 0 aliphatic heterocycles. The number of hydrogen-bond donors (Lipinski definition) is 8. The van der Waals surface area contributed by atoms with E-state index in [9.17, 15) is 39.3 Å². The molecule has 0 saturated carbocycles. The van der Waals surface area contributed by atoms with Crippen molar-refractivity contribution in [3.8, 4) is 11.5 Å². The third-order valence-electron chi connectivity index (χ3n) is 6.95. The van der Waals surface area contributed by atoms with Crippen LogP contribution in [-0.2, 0) is 43.2 Å². The second-order valence-electron chi connectivity index (χ2n) is 10.6. The van der Waals surface area contributed by atoms with Crippen LogP contribution < -0.4 is 27.4 Å². The Balaban J connectivity index is 1.84. The van der Waals surface area contributed by atoms with Gasteiger partial charge in [-0.25, -0.2) is 4.79 Å². The maximum absolute atomic E-state index is 13.7. The molecular weight excluding hydrogens is 582 g/mol. The van der Waals surface area contributed by atoms with Gasteiger partial charge >= 0.3 is 5.97 Å². The summed E-state index contributed by atoms with van der Waals surface area (Å²) in [7, 11) is 0. The Morgan fingerprint density at radius 3 is 1.44 bits per heavy atom. The van der Waals surface area contributed by atoms with E-state index >= 15 is 0 Å². The van der Waals surface area contributed by atoms with Gasteiger partial charge in [0.2, 0.25) is 23.6 Å². The monoisotopic (exact) mass is 619 g/mol. The topological polar surface area (TPSA) is 234 Å². The number of benzene rings is 3. The largest absolute Gasteiger partial charge is 0.508 e. The molecular formula is C32H37N5O8. The Hall–Kier alpha value is -5.43. The predicted octanol–water partition coefficient (Wildman–Crippen LogP) is 0.258. The van der Waals surface area contributed by atoms with Crippen molar-refractivity contribution < 1.29 is 39.3 Å². The number of hydrogen-bond acceptors (Lipinski definition) is 8. The number of carboxylic acid groups (broad SMARTS) is 1. The van der Waals surface area contributed by atoms with Gasteiger partial charge in [0.1, 0.15) is 29.6 Å². The fourth-order valence-electron chi connectivity index (χ4n) is 4.46. The van der Waals surface area contributed by atoms with Crippen molar-refractivity contribution in [2.24, 2.45) is 11.5 Å². The highest BCUT2D eigenvalue weighted by Gasteiger charge is 2.31. The van der Waals surface area contributed by atoms with Gasteiger partial charge in [0.15, 0.2) is 0 Å². The van der Waals surface area contributed by atoms with Crippen molar-refractivity contribution in [1.82, 2.24) is 16.0 Å². The zero-order valence-corrected chi connectivity index (χ0v) is 24.4. The van der Waals surface area contributed by atoms with Crippen molar-refractivity contribution in [2.45, 2.75) is 56.3 Å². The number of carbonyl (C=O) groups excluding carboxylic acids is 4. The molecule has 13 nitrogen and oxygen atoms in total. The van der Waals surface area contributed by atoms with Gasteiger partial charge < -0.3 is 42.7 Å². The number of phenols is 2. The minimum absolute atomic E-state index is 0.00195. The summed E-state index contributed by atoms with van der Waals surface area (Å²) >= 11 is 0. The summed E-state index contributed by atoms with van der Waals surface area (Å²) in [6, 6.07) is 15.6. The standard InChI is InChI=1S/C32H37N5O8/c33-24(14-15-28(34)40)29(41)35-25(17-20-6-10-22(38)11-7-20)30(42)36-26(16-19-4-2-1-3-5-19)31(43)37-27(32(44)45)18-21-8-12-23(39)13-9-21/h1-13,24-27,38-39H,14-18,33H2,(H2,34,40)(H,35,41)(H,36,42)(H,37,43)(H,44,45). The molecule has 0 aliphatic carbocycles. The van der Waals surface area contributed by atoms with E-state index in [0.717, 1.165) is 0 Å². The summed E-state index contributed by atoms with van der Waals surface area (Å²) in [5, 5.41) is 36.7. The first kappa shape index (κ1) is 34.1. The Kier molecular flexibility index (Phi) is 12.4. The highest BCUT2D eigenvalue weighted by molar-refractivity contribution is 5.94. The number of aliphatic carboxylic acids is 1. The van der Waals surface area contributed by atoms with Crippen molar-refractivity contribution in [3.05, 3.63) is 95.6 Å². The maximum Gasteiger partial charge on any atom is 0.326 e. The lowest BCUT2D eigenvalue weighted by Gasteiger charge is -2.25. The molecule has 0 aliphatic rings. The molecule has 0 fully saturated rings. The van der Waals surface area contributed by atoms with Gasteiger partial charge in [0, 0.05) is 25.7 Å². The predicted molar refractivity (Wildman–Crippen MR) is 164 cm³/mol. The van der Waals surface area contributed by atoms with Crippen molar-refractivity contribution in [2.75, 3.05) is 0 Å². The van der Waals surface area contributed by atoms with Crippen LogP contribution >= 0.6 is 0 Å². The van der Waals surface area contributed by atoms with Crippen LogP contribution in [-0.4, -0.2) is 69.1 Å². The summed E-state index contributed by atoms with van der Waals surface area (Å²) < 4.78 is 0. The first-order valence-electron chi connectivity index (χ1n) is 14.2. The van der Waals surface area contributed by atoms with Gasteiger partial charge in [-0.1, -0.05) is 54.6 Å². The molecule has 10 N–H and O–H groups in total. The quantitative estimate of drug-likeness (QED) is 0.110. The first-order chi connectivity index (χ1) is 21.4. The number of phenolic OH excluding ortho intramolecular Hbond substituents is 2. The highest BCUT2D eigenvalue weighted by atomic mass is 16.4. The summed E-state index contributed by atoms with van der Waals surface area (Å²) in [5.41, 5.74) is 12.9. The number of aromatic hydroxyl groups is 2. The SMILES string of the molecule is NC(=O)CCC(N)C(=O)NC(Cc1ccc(O)cc1)C(=O)NC(Cc1ccccc1)C(=O)NC(Cc1ccc(O)cc1)C(=O)O. The third kappa shape index (κ3) is 11.3. The third-order valence-corrected chi connectivity index (χ3v) is 6.95. The van der Waals surface area contributed by atoms with Gasteiger partial charge in [-0.2, -0.15) is 0 Å². The van der Waals surface area contributed by atoms with E-state index in [1.54, 1.807) is 42.5 Å². The Bertz CT molecular complexity index is 1470. The smallest absolute Gasteiger partial charge is 0.326 e. The van der Waals surface area contributed by atoms with Crippen LogP contribution in [0.25, 0.3) is 0 Å². The van der Waals surface area contributed by atoms with Crippen LogP contribution in [0.3, 0.4) is 0 Å². The molecule has 13 heteroatoms. The molecule has 4 amide bonds. The number of amides is 4. The van der Waals surface area contributed by atoms with Crippen molar-refractivity contribution >= 4 is 29.6 Å². The normalized spacial score (nSPS) is 13.4. The van der Waals surface area contributed by atoms with Crippen LogP contribution in [0.5, 0.6) is 11.5 Å². The Labute approximate surface area is 259 Å². The molecule has 0 saturated heterocycles. The van der Waals surface area contributed by atoms with Gasteiger partial charge in [-0.3, -0.25) is 19.2 Å². The van der Waals surface area contributed by atoms with E-state index in [-0.39, 0.29) is 43.6 Å². The number of nitrogens with two attached hydrogens (primary N) is 2. The number of primary amides is 1. The molecule has 0 heterocycles. The van der Waals surface area contributed by atoms with Crippen molar-refractivity contribution in [3.63, 3.8) is 0 Å². The molecule has 0 aromatic heterocycles. The second kappa shape index (κ2) is 16.4. The van der Waals surface area contributed by atoms with Crippen LogP contribution in [0.2, 0.25) is 0 Å². The fourth-order valence-corrected chi connectivity index (χ4v) is 4.46. The van der Waals surface area contributed by atoms with E-state index in [0.29, 0.717) is 16.7 Å². The van der Waals surface area contributed by atoms with Gasteiger partial charge in [0.05, 0.1) is 6.04 Å². The van der Waals surface area contributed by atoms with Crippen LogP contribution in [0, 0.1) is 0 Å². The summed E-state index contributed by atoms with van der Waals surface area (Å²) in [4.78, 5) is 63.3. The van der Waals surface area contributed by atoms with Crippen LogP contribution in [0.1, 0.15) is 29.5 Å². The average Bonchev–Trinajstić information content (AvgIpc) is 3.01. The average molecular weight is 620 g/mol. The molecule has 4 unspecified atom stereocenters. The van der Waals surface area contributed by atoms with Gasteiger partial charge in [0.25, 0.3) is 0 Å². The Morgan fingerprint density at radius 2 is 1.00 bits per heavy atom. The number of rotatable bonds is 16. The summed E-state index contributed by atoms with van der Waals surface area (Å²) in [6.45, 7) is 0. The zero-order valence-electron chi connectivity index (χ0n) is 24.4. The van der Waals surface area contributed by atoms with E-state index in [1.807, 2.05) is 0 Å². The van der Waals surface area contributed by atoms with E-state index in [2.05, 4.69) is 16.0 Å². The molecule has 4 atom stereocenters. The molecule has 0 spiro atoms. The van der Waals surface area contributed by atoms with Crippen LogP contribution in [0.4, 0.5) is 0 Å². The molecule has 0 bridgehead atoms. The lowest BCUT2D eigenvalue weighted by molar-refractivity contribution is -0.142. The summed E-state index contributed by atoms with van der Waals surface area (Å²) in [6.07, 6.45) is -0.320. The van der Waals surface area contributed by atoms with Gasteiger partial charge in [-0.15, -0.1) is 0 Å². The Morgan fingerprint density at radius 1 is 0.600 bits per heavy atom. The minimum atomic E-state index is -1.35. The van der Waals surface area contributed by atoms with E-state index in [4.69, 9.17) is 11.5 Å². The molecule has 45 heavy (non-hydrogen) atoms. The lowest BCUT2D eigenvalue weighted by Crippen LogP contribution is -2.58. The second-order valence-corrected chi connectivity index (χ2v) is 10.6. The number of nitrogens with one attached hydrogen (secondary N) is 3. The molecule has 3 aromatic carbocycles. The zero-order chi connectivity index (χ0) is 32.9. The molecule has 3 rings (SSSR count). The lowest BCUT2D eigenvalue weighted by atomic mass is 10.0. The first-order valence-corrected chi connectivity index (χ1v) is 14.2. The van der Waals surface area contributed by atoms with E-state index < -0.39 is 53.8 Å².